The summed E-state index contributed by atoms with van der Waals surface area (Å²) in [6.07, 6.45) is -3.85. The highest BCUT2D eigenvalue weighted by molar-refractivity contribution is 5.85. The van der Waals surface area contributed by atoms with Gasteiger partial charge in [0.15, 0.2) is 6.29 Å². The Morgan fingerprint density at radius 1 is 1.36 bits per heavy atom. The molecule has 0 bridgehead atoms. The third-order valence-electron chi connectivity index (χ3n) is 2.17. The average molecular weight is 230 g/mol. The van der Waals surface area contributed by atoms with Crippen LogP contribution in [0.15, 0.2) is 0 Å². The van der Waals surface area contributed by atoms with Crippen molar-refractivity contribution in [2.24, 2.45) is 5.73 Å². The molecule has 7 heteroatoms. The van der Waals surface area contributed by atoms with Gasteiger partial charge < -0.3 is 30.5 Å². The van der Waals surface area contributed by atoms with E-state index >= 15 is 0 Å². The first kappa shape index (κ1) is 14.1. The van der Waals surface area contributed by atoms with Crippen molar-refractivity contribution in [3.63, 3.8) is 0 Å². The molecule has 1 aliphatic heterocycles. The van der Waals surface area contributed by atoms with Gasteiger partial charge in [-0.25, -0.2) is 0 Å². The van der Waals surface area contributed by atoms with Crippen molar-refractivity contribution < 1.29 is 24.8 Å². The zero-order valence-electron chi connectivity index (χ0n) is 7.74. The van der Waals surface area contributed by atoms with Crippen LogP contribution < -0.4 is 5.73 Å². The summed E-state index contributed by atoms with van der Waals surface area (Å²) < 4.78 is 9.81. The predicted octanol–water partition coefficient (Wildman–Crippen LogP) is -2.18. The van der Waals surface area contributed by atoms with Crippen molar-refractivity contribution in [1.82, 2.24) is 0 Å². The van der Waals surface area contributed by atoms with E-state index in [0.29, 0.717) is 0 Å². The van der Waals surface area contributed by atoms with Crippen LogP contribution in [0.4, 0.5) is 0 Å². The molecule has 6 nitrogen and oxygen atoms in total. The summed E-state index contributed by atoms with van der Waals surface area (Å²) >= 11 is 0. The van der Waals surface area contributed by atoms with Gasteiger partial charge in [-0.1, -0.05) is 0 Å². The van der Waals surface area contributed by atoms with Crippen LogP contribution >= 0.6 is 12.4 Å². The van der Waals surface area contributed by atoms with Gasteiger partial charge in [-0.3, -0.25) is 0 Å². The van der Waals surface area contributed by atoms with Gasteiger partial charge in [0.05, 0.1) is 12.6 Å². The first-order valence-electron chi connectivity index (χ1n) is 4.02. The van der Waals surface area contributed by atoms with Gasteiger partial charge in [0.25, 0.3) is 0 Å². The fourth-order valence-corrected chi connectivity index (χ4v) is 1.31. The van der Waals surface area contributed by atoms with Gasteiger partial charge in [-0.15, -0.1) is 12.4 Å². The van der Waals surface area contributed by atoms with E-state index in [-0.39, 0.29) is 19.0 Å². The molecule has 1 rings (SSSR count). The van der Waals surface area contributed by atoms with Crippen LogP contribution in [0, 0.1) is 0 Å². The number of hydrogen-bond donors (Lipinski definition) is 4. The summed E-state index contributed by atoms with van der Waals surface area (Å²) in [5.74, 6) is 0. The topological polar surface area (TPSA) is 105 Å². The average Bonchev–Trinajstić information content (AvgIpc) is 2.15. The molecule has 14 heavy (non-hydrogen) atoms. The minimum atomic E-state index is -1.08. The number of rotatable bonds is 2. The van der Waals surface area contributed by atoms with Crippen LogP contribution in [0.2, 0.25) is 0 Å². The lowest BCUT2D eigenvalue weighted by atomic mass is 9.97. The lowest BCUT2D eigenvalue weighted by Crippen LogP contribution is -2.62. The number of nitrogens with two attached hydrogens (primary N) is 1. The Labute approximate surface area is 88.0 Å². The fourth-order valence-electron chi connectivity index (χ4n) is 1.31. The van der Waals surface area contributed by atoms with E-state index in [1.54, 1.807) is 0 Å². The highest BCUT2D eigenvalue weighted by Crippen LogP contribution is 2.19. The maximum absolute atomic E-state index is 9.40. The molecular formula is C7H16ClNO5. The Bertz CT molecular complexity index is 152. The second kappa shape index (κ2) is 5.82. The van der Waals surface area contributed by atoms with E-state index in [1.165, 1.54) is 7.11 Å². The molecule has 0 saturated carbocycles. The van der Waals surface area contributed by atoms with Crippen molar-refractivity contribution in [3.05, 3.63) is 0 Å². The molecule has 0 spiro atoms. The van der Waals surface area contributed by atoms with E-state index in [2.05, 4.69) is 0 Å². The second-order valence-electron chi connectivity index (χ2n) is 3.02. The number of aliphatic hydroxyl groups is 3. The molecular weight excluding hydrogens is 214 g/mol. The first-order valence-corrected chi connectivity index (χ1v) is 4.02. The number of aliphatic hydroxyl groups excluding tert-OH is 3. The summed E-state index contributed by atoms with van der Waals surface area (Å²) in [4.78, 5) is 0. The molecule has 0 aromatic heterocycles. The van der Waals surface area contributed by atoms with Gasteiger partial charge in [0.2, 0.25) is 0 Å². The van der Waals surface area contributed by atoms with Crippen molar-refractivity contribution in [2.75, 3.05) is 13.7 Å². The SMILES string of the molecule is CO[C@H]1O[C@H](CO)[C@@H](O)[C@@H](N)[C@@H]1O.Cl. The maximum Gasteiger partial charge on any atom is 0.185 e. The molecule has 0 amide bonds. The van der Waals surface area contributed by atoms with Gasteiger partial charge in [0, 0.05) is 7.11 Å². The molecule has 1 fully saturated rings. The molecule has 0 aromatic rings. The number of hydrogen-bond acceptors (Lipinski definition) is 6. The lowest BCUT2D eigenvalue weighted by Gasteiger charge is -2.39. The summed E-state index contributed by atoms with van der Waals surface area (Å²) in [6.45, 7) is -0.360. The van der Waals surface area contributed by atoms with E-state index in [1.807, 2.05) is 0 Å². The Hall–Kier alpha value is 0.0500. The van der Waals surface area contributed by atoms with Crippen LogP contribution in [-0.2, 0) is 9.47 Å². The molecule has 0 aromatic carbocycles. The third kappa shape index (κ3) is 2.54. The number of halogens is 1. The molecule has 1 aliphatic rings. The highest BCUT2D eigenvalue weighted by Gasteiger charge is 2.42. The van der Waals surface area contributed by atoms with Crippen molar-refractivity contribution in [1.29, 1.82) is 0 Å². The molecule has 1 saturated heterocycles. The smallest absolute Gasteiger partial charge is 0.185 e. The first-order chi connectivity index (χ1) is 6.11. The largest absolute Gasteiger partial charge is 0.394 e. The fraction of sp³-hybridized carbons (Fsp3) is 1.00. The monoisotopic (exact) mass is 229 g/mol. The van der Waals surface area contributed by atoms with E-state index in [0.717, 1.165) is 0 Å². The lowest BCUT2D eigenvalue weighted by molar-refractivity contribution is -0.267. The Kier molecular flexibility index (Phi) is 5.84. The second-order valence-corrected chi connectivity index (χ2v) is 3.02. The third-order valence-corrected chi connectivity index (χ3v) is 2.17. The molecule has 5 atom stereocenters. The summed E-state index contributed by atoms with van der Waals surface area (Å²) in [6, 6.07) is -0.865. The van der Waals surface area contributed by atoms with Gasteiger partial charge in [-0.2, -0.15) is 0 Å². The number of methoxy groups -OCH3 is 1. The Morgan fingerprint density at radius 3 is 2.36 bits per heavy atom. The predicted molar refractivity (Wildman–Crippen MR) is 50.0 cm³/mol. The van der Waals surface area contributed by atoms with Crippen molar-refractivity contribution in [3.8, 4) is 0 Å². The van der Waals surface area contributed by atoms with Gasteiger partial charge in [-0.05, 0) is 0 Å². The van der Waals surface area contributed by atoms with Gasteiger partial charge >= 0.3 is 0 Å². The molecule has 86 valence electrons. The Balaban J connectivity index is 0.00000169. The standard InChI is InChI=1S/C7H15NO5.ClH/c1-12-7-6(11)4(8)5(10)3(2-9)13-7;/h3-7,9-11H,2,8H2,1H3;1H/t3-,4-,5-,6+,7+;/m1./s1. The molecule has 0 unspecified atom stereocenters. The van der Waals surface area contributed by atoms with E-state index in [9.17, 15) is 10.2 Å². The van der Waals surface area contributed by atoms with Crippen LogP contribution in [0.1, 0.15) is 0 Å². The number of ether oxygens (including phenoxy) is 2. The van der Waals surface area contributed by atoms with E-state index in [4.69, 9.17) is 20.3 Å². The molecule has 5 N–H and O–H groups in total. The minimum Gasteiger partial charge on any atom is -0.394 e. The minimum absolute atomic E-state index is 0. The molecule has 0 radical (unpaired) electrons. The molecule has 0 aliphatic carbocycles. The van der Waals surface area contributed by atoms with Crippen LogP contribution in [0.25, 0.3) is 0 Å². The Morgan fingerprint density at radius 2 is 1.93 bits per heavy atom. The maximum atomic E-state index is 9.40. The van der Waals surface area contributed by atoms with Crippen LogP contribution in [0.3, 0.4) is 0 Å². The zero-order chi connectivity index (χ0) is 10.0. The van der Waals surface area contributed by atoms with E-state index < -0.39 is 30.6 Å². The summed E-state index contributed by atoms with van der Waals surface area (Å²) in [5, 5.41) is 27.6. The zero-order valence-corrected chi connectivity index (χ0v) is 8.55. The van der Waals surface area contributed by atoms with Crippen LogP contribution in [-0.4, -0.2) is 59.7 Å². The summed E-state index contributed by atoms with van der Waals surface area (Å²) in [7, 11) is 1.35. The van der Waals surface area contributed by atoms with Crippen molar-refractivity contribution >= 4 is 12.4 Å². The quantitative estimate of drug-likeness (QED) is 0.429. The normalized spacial score (nSPS) is 43.1. The van der Waals surface area contributed by atoms with Gasteiger partial charge in [0.1, 0.15) is 18.3 Å². The molecule has 1 heterocycles. The summed E-state index contributed by atoms with van der Waals surface area (Å²) in [5.41, 5.74) is 5.48. The highest BCUT2D eigenvalue weighted by atomic mass is 35.5. The van der Waals surface area contributed by atoms with Crippen molar-refractivity contribution in [2.45, 2.75) is 30.6 Å². The van der Waals surface area contributed by atoms with Crippen LogP contribution in [0.5, 0.6) is 0 Å².